The zero-order valence-corrected chi connectivity index (χ0v) is 15.4. The van der Waals surface area contributed by atoms with Gasteiger partial charge in [-0.25, -0.2) is 4.79 Å². The minimum atomic E-state index is -0.912. The number of piperidine rings is 1. The minimum Gasteiger partial charge on any atom is -0.478 e. The van der Waals surface area contributed by atoms with Crippen molar-refractivity contribution in [1.82, 2.24) is 4.90 Å². The number of ether oxygens (including phenoxy) is 1. The summed E-state index contributed by atoms with van der Waals surface area (Å²) < 4.78 is 6.10. The Labute approximate surface area is 159 Å². The summed E-state index contributed by atoms with van der Waals surface area (Å²) in [5.74, 6) is 2.47. The van der Waals surface area contributed by atoms with E-state index in [1.807, 2.05) is 18.2 Å². The predicted molar refractivity (Wildman–Crippen MR) is 104 cm³/mol. The topological polar surface area (TPSA) is 49.8 Å². The molecule has 0 bridgehead atoms. The summed E-state index contributed by atoms with van der Waals surface area (Å²) in [7, 11) is 0. The van der Waals surface area contributed by atoms with Crippen molar-refractivity contribution in [3.05, 3.63) is 59.2 Å². The number of benzene rings is 2. The van der Waals surface area contributed by atoms with Crippen LogP contribution in [0.15, 0.2) is 42.5 Å². The molecule has 0 spiro atoms. The lowest BCUT2D eigenvalue weighted by atomic mass is 9.74. The zero-order chi connectivity index (χ0) is 18.4. The Kier molecular flexibility index (Phi) is 4.16. The van der Waals surface area contributed by atoms with E-state index in [1.54, 1.807) is 12.1 Å². The molecule has 1 aliphatic carbocycles. The number of carboxylic acids is 1. The molecule has 2 aromatic carbocycles. The van der Waals surface area contributed by atoms with Crippen LogP contribution in [0.2, 0.25) is 0 Å². The predicted octanol–water partition coefficient (Wildman–Crippen LogP) is 4.74. The molecule has 0 radical (unpaired) electrons. The molecule has 1 saturated carbocycles. The molecule has 5 rings (SSSR count). The van der Waals surface area contributed by atoms with Gasteiger partial charge in [0.1, 0.15) is 11.5 Å². The van der Waals surface area contributed by atoms with Crippen LogP contribution in [0.5, 0.6) is 11.5 Å². The van der Waals surface area contributed by atoms with Gasteiger partial charge in [0.25, 0.3) is 0 Å². The van der Waals surface area contributed by atoms with Crippen molar-refractivity contribution in [2.45, 2.75) is 31.6 Å². The van der Waals surface area contributed by atoms with E-state index in [4.69, 9.17) is 4.74 Å². The molecule has 0 amide bonds. The molecule has 1 N–H and O–H groups in total. The highest BCUT2D eigenvalue weighted by molar-refractivity contribution is 5.88. The molecule has 1 unspecified atom stereocenters. The molecule has 2 aromatic rings. The third-order valence-corrected chi connectivity index (χ3v) is 6.39. The van der Waals surface area contributed by atoms with Gasteiger partial charge >= 0.3 is 5.97 Å². The maximum absolute atomic E-state index is 11.4. The van der Waals surface area contributed by atoms with Gasteiger partial charge in [-0.3, -0.25) is 0 Å². The molecule has 27 heavy (non-hydrogen) atoms. The van der Waals surface area contributed by atoms with Gasteiger partial charge in [0.05, 0.1) is 5.56 Å². The average Bonchev–Trinajstić information content (AvgIpc) is 3.50. The van der Waals surface area contributed by atoms with Crippen molar-refractivity contribution in [3.63, 3.8) is 0 Å². The van der Waals surface area contributed by atoms with E-state index in [1.165, 1.54) is 50.9 Å². The van der Waals surface area contributed by atoms with Crippen LogP contribution in [0.1, 0.15) is 53.1 Å². The third kappa shape index (κ3) is 3.23. The monoisotopic (exact) mass is 363 g/mol. The van der Waals surface area contributed by atoms with Gasteiger partial charge < -0.3 is 14.7 Å². The first kappa shape index (κ1) is 16.8. The van der Waals surface area contributed by atoms with Gasteiger partial charge in [-0.1, -0.05) is 24.3 Å². The second-order valence-electron chi connectivity index (χ2n) is 8.26. The van der Waals surface area contributed by atoms with Crippen LogP contribution >= 0.6 is 0 Å². The van der Waals surface area contributed by atoms with Gasteiger partial charge in [0.2, 0.25) is 0 Å². The fourth-order valence-corrected chi connectivity index (χ4v) is 4.77. The molecule has 140 valence electrons. The number of aromatic carboxylic acids is 1. The number of rotatable bonds is 4. The Morgan fingerprint density at radius 2 is 1.74 bits per heavy atom. The molecule has 4 heteroatoms. The van der Waals surface area contributed by atoms with Crippen molar-refractivity contribution in [2.75, 3.05) is 19.6 Å². The molecular weight excluding hydrogens is 338 g/mol. The second kappa shape index (κ2) is 6.68. The highest BCUT2D eigenvalue weighted by Crippen LogP contribution is 2.50. The van der Waals surface area contributed by atoms with Gasteiger partial charge in [0.15, 0.2) is 0 Å². The highest BCUT2D eigenvalue weighted by atomic mass is 16.5. The summed E-state index contributed by atoms with van der Waals surface area (Å²) in [5, 5.41) is 9.34. The number of likely N-dealkylation sites (tertiary alicyclic amines) is 1. The lowest BCUT2D eigenvalue weighted by Gasteiger charge is -2.39. The molecule has 2 aliphatic heterocycles. The Bertz CT molecular complexity index is 866. The van der Waals surface area contributed by atoms with Crippen LogP contribution in [0.3, 0.4) is 0 Å². The summed E-state index contributed by atoms with van der Waals surface area (Å²) in [6.45, 7) is 3.61. The van der Waals surface area contributed by atoms with Crippen LogP contribution in [0, 0.1) is 11.8 Å². The quantitative estimate of drug-likeness (QED) is 0.852. The zero-order valence-electron chi connectivity index (χ0n) is 15.4. The van der Waals surface area contributed by atoms with Crippen molar-refractivity contribution in [1.29, 1.82) is 0 Å². The molecule has 1 saturated heterocycles. The number of fused-ring (bicyclic) bond motifs is 2. The standard InChI is InChI=1S/C23H25NO3/c25-23(26)17-7-8-19-21(13-17)27-20-4-2-1-3-18(20)22(19)16-9-11-24(12-10-16)14-15-5-6-15/h1-4,7-8,13,15-16,22H,5-6,9-12,14H2,(H,25,26). The molecule has 4 nitrogen and oxygen atoms in total. The van der Waals surface area contributed by atoms with Crippen LogP contribution in [-0.4, -0.2) is 35.6 Å². The Hall–Kier alpha value is -2.33. The number of carbonyl (C=O) groups is 1. The smallest absolute Gasteiger partial charge is 0.335 e. The maximum Gasteiger partial charge on any atom is 0.335 e. The van der Waals surface area contributed by atoms with E-state index in [0.29, 0.717) is 11.7 Å². The number of hydrogen-bond donors (Lipinski definition) is 1. The first-order valence-electron chi connectivity index (χ1n) is 10.1. The van der Waals surface area contributed by atoms with Crippen LogP contribution < -0.4 is 4.74 Å². The Morgan fingerprint density at radius 1 is 1.00 bits per heavy atom. The van der Waals surface area contributed by atoms with Crippen LogP contribution in [0.4, 0.5) is 0 Å². The molecule has 1 atom stereocenters. The van der Waals surface area contributed by atoms with E-state index in [0.717, 1.165) is 17.2 Å². The summed E-state index contributed by atoms with van der Waals surface area (Å²) in [4.78, 5) is 14.0. The van der Waals surface area contributed by atoms with Gasteiger partial charge in [-0.05, 0) is 68.8 Å². The lowest BCUT2D eigenvalue weighted by molar-refractivity contribution is 0.0696. The van der Waals surface area contributed by atoms with E-state index < -0.39 is 5.97 Å². The summed E-state index contributed by atoms with van der Waals surface area (Å²) in [6.07, 6.45) is 5.19. The van der Waals surface area contributed by atoms with Crippen molar-refractivity contribution < 1.29 is 14.6 Å². The van der Waals surface area contributed by atoms with E-state index in [-0.39, 0.29) is 11.5 Å². The first-order valence-corrected chi connectivity index (χ1v) is 10.1. The first-order chi connectivity index (χ1) is 13.2. The van der Waals surface area contributed by atoms with Crippen molar-refractivity contribution >= 4 is 5.97 Å². The SMILES string of the molecule is O=C(O)c1ccc2c(c1)Oc1ccccc1C2C1CCN(CC2CC2)CC1. The summed E-state index contributed by atoms with van der Waals surface area (Å²) >= 11 is 0. The van der Waals surface area contributed by atoms with E-state index >= 15 is 0 Å². The highest BCUT2D eigenvalue weighted by Gasteiger charge is 2.36. The number of nitrogens with zero attached hydrogens (tertiary/aromatic N) is 1. The lowest BCUT2D eigenvalue weighted by Crippen LogP contribution is -2.37. The van der Waals surface area contributed by atoms with Crippen LogP contribution in [0.25, 0.3) is 0 Å². The second-order valence-corrected chi connectivity index (χ2v) is 8.26. The molecule has 2 heterocycles. The average molecular weight is 363 g/mol. The van der Waals surface area contributed by atoms with Crippen molar-refractivity contribution in [3.8, 4) is 11.5 Å². The minimum absolute atomic E-state index is 0.283. The molecule has 0 aromatic heterocycles. The fraction of sp³-hybridized carbons (Fsp3) is 0.435. The summed E-state index contributed by atoms with van der Waals surface area (Å²) in [6, 6.07) is 13.6. The van der Waals surface area contributed by atoms with Gasteiger partial charge in [-0.2, -0.15) is 0 Å². The number of para-hydroxylation sites is 1. The Balaban J connectivity index is 1.45. The number of carboxylic acid groups (broad SMARTS) is 1. The van der Waals surface area contributed by atoms with E-state index in [9.17, 15) is 9.90 Å². The normalized spacial score (nSPS) is 22.6. The molecule has 3 aliphatic rings. The Morgan fingerprint density at radius 3 is 2.48 bits per heavy atom. The van der Waals surface area contributed by atoms with Gasteiger partial charge in [0, 0.05) is 23.6 Å². The maximum atomic E-state index is 11.4. The fourth-order valence-electron chi connectivity index (χ4n) is 4.77. The molecular formula is C23H25NO3. The van der Waals surface area contributed by atoms with Crippen LogP contribution in [-0.2, 0) is 0 Å². The van der Waals surface area contributed by atoms with E-state index in [2.05, 4.69) is 17.0 Å². The van der Waals surface area contributed by atoms with Crippen molar-refractivity contribution in [2.24, 2.45) is 11.8 Å². The largest absolute Gasteiger partial charge is 0.478 e. The third-order valence-electron chi connectivity index (χ3n) is 6.39. The number of hydrogen-bond acceptors (Lipinski definition) is 3. The molecule has 2 fully saturated rings. The summed E-state index contributed by atoms with van der Waals surface area (Å²) in [5.41, 5.74) is 2.67. The van der Waals surface area contributed by atoms with Gasteiger partial charge in [-0.15, -0.1) is 0 Å².